The first-order chi connectivity index (χ1) is 21.4. The molecule has 1 saturated heterocycles. The van der Waals surface area contributed by atoms with E-state index in [1.807, 2.05) is 30.3 Å². The fourth-order valence-corrected chi connectivity index (χ4v) is 5.76. The molecule has 1 aromatic heterocycles. The first-order valence-corrected chi connectivity index (χ1v) is 15.6. The van der Waals surface area contributed by atoms with Crippen LogP contribution < -0.4 is 15.5 Å². The third kappa shape index (κ3) is 9.84. The first-order valence-electron chi connectivity index (χ1n) is 13.7. The summed E-state index contributed by atoms with van der Waals surface area (Å²) in [6.45, 7) is 0.411. The van der Waals surface area contributed by atoms with Crippen LogP contribution in [0.3, 0.4) is 0 Å². The Labute approximate surface area is 271 Å². The number of aliphatic carboxylic acids is 1. The number of rotatable bonds is 11. The van der Waals surface area contributed by atoms with Gasteiger partial charge in [-0.2, -0.15) is 24.9 Å². The molecule has 2 heterocycles. The number of aromatic nitrogens is 2. The van der Waals surface area contributed by atoms with Crippen molar-refractivity contribution in [2.24, 2.45) is 5.92 Å². The average molecular weight is 683 g/mol. The van der Waals surface area contributed by atoms with E-state index < -0.39 is 41.6 Å². The third-order valence-electron chi connectivity index (χ3n) is 6.84. The molecule has 0 aliphatic carbocycles. The van der Waals surface area contributed by atoms with E-state index in [9.17, 15) is 32.7 Å². The van der Waals surface area contributed by atoms with Crippen molar-refractivity contribution >= 4 is 64.8 Å². The molecule has 1 fully saturated rings. The maximum Gasteiger partial charge on any atom is 0.433 e. The number of carboxylic acid groups (broad SMARTS) is 1. The van der Waals surface area contributed by atoms with Gasteiger partial charge in [0.2, 0.25) is 11.9 Å². The van der Waals surface area contributed by atoms with Gasteiger partial charge in [-0.25, -0.2) is 14.8 Å². The number of piperidine rings is 1. The molecule has 45 heavy (non-hydrogen) atoms. The predicted octanol–water partition coefficient (Wildman–Crippen LogP) is 5.68. The molecule has 1 atom stereocenters. The van der Waals surface area contributed by atoms with Gasteiger partial charge in [-0.05, 0) is 48.2 Å². The van der Waals surface area contributed by atoms with Crippen LogP contribution in [0.2, 0.25) is 10.0 Å². The van der Waals surface area contributed by atoms with Crippen molar-refractivity contribution in [1.29, 1.82) is 0 Å². The van der Waals surface area contributed by atoms with Crippen LogP contribution in [0.4, 0.5) is 19.1 Å². The number of anilines is 1. The van der Waals surface area contributed by atoms with E-state index in [-0.39, 0.29) is 53.4 Å². The van der Waals surface area contributed by atoms with E-state index in [1.54, 1.807) is 11.0 Å². The Hall–Kier alpha value is -3.81. The van der Waals surface area contributed by atoms with Crippen LogP contribution in [-0.2, 0) is 26.3 Å². The molecule has 0 radical (unpaired) electrons. The molecule has 0 unspecified atom stereocenters. The molecule has 3 N–H and O–H groups in total. The van der Waals surface area contributed by atoms with Gasteiger partial charge >= 0.3 is 12.1 Å². The standard InChI is InChI=1S/C30H28Cl2F3N5O4S/c31-21-7-6-19(14-22(21)32)15-23(27(42)38-24(28(43)44)17-45-16-18-4-2-1-3-5-18)37-26(41)20-9-12-40(13-10-20)29-36-11-8-25(39-29)30(33,34)35/h1-8,11,14-15,20,24H,9-10,12-13,16-17H2,(H,37,41)(H,38,42)(H,43,44)/t24-/m0/s1. The molecular weight excluding hydrogens is 654 g/mol. The first kappa shape index (κ1) is 34.1. The lowest BCUT2D eigenvalue weighted by Gasteiger charge is -2.31. The van der Waals surface area contributed by atoms with Crippen molar-refractivity contribution in [3.63, 3.8) is 0 Å². The minimum Gasteiger partial charge on any atom is -0.480 e. The summed E-state index contributed by atoms with van der Waals surface area (Å²) in [5, 5.41) is 15.4. The van der Waals surface area contributed by atoms with Gasteiger partial charge in [0.15, 0.2) is 0 Å². The minimum absolute atomic E-state index is 0.0695. The van der Waals surface area contributed by atoms with Crippen LogP contribution in [0.1, 0.15) is 29.7 Å². The summed E-state index contributed by atoms with van der Waals surface area (Å²) < 4.78 is 39.3. The second kappa shape index (κ2) is 15.5. The highest BCUT2D eigenvalue weighted by Gasteiger charge is 2.34. The Morgan fingerprint density at radius 1 is 1.07 bits per heavy atom. The van der Waals surface area contributed by atoms with Crippen molar-refractivity contribution < 1.29 is 32.7 Å². The summed E-state index contributed by atoms with van der Waals surface area (Å²) >= 11 is 13.5. The molecule has 2 amide bonds. The topological polar surface area (TPSA) is 125 Å². The number of thioether (sulfide) groups is 1. The van der Waals surface area contributed by atoms with Gasteiger partial charge in [-0.15, -0.1) is 0 Å². The fourth-order valence-electron chi connectivity index (χ4n) is 4.44. The molecule has 238 valence electrons. The molecule has 15 heteroatoms. The van der Waals surface area contributed by atoms with E-state index in [1.165, 1.54) is 30.0 Å². The maximum atomic E-state index is 13.4. The van der Waals surface area contributed by atoms with Crippen LogP contribution in [0, 0.1) is 5.92 Å². The van der Waals surface area contributed by atoms with E-state index in [2.05, 4.69) is 20.6 Å². The second-order valence-corrected chi connectivity index (χ2v) is 11.9. The highest BCUT2D eigenvalue weighted by molar-refractivity contribution is 7.98. The molecule has 3 aromatic rings. The molecule has 0 spiro atoms. The van der Waals surface area contributed by atoms with Crippen LogP contribution in [-0.4, -0.2) is 57.7 Å². The number of nitrogens with zero attached hydrogens (tertiary/aromatic N) is 3. The number of amides is 2. The molecule has 9 nitrogen and oxygen atoms in total. The molecule has 4 rings (SSSR count). The number of carboxylic acids is 1. The smallest absolute Gasteiger partial charge is 0.433 e. The van der Waals surface area contributed by atoms with Crippen LogP contribution in [0.15, 0.2) is 66.5 Å². The summed E-state index contributed by atoms with van der Waals surface area (Å²) in [7, 11) is 0. The normalized spacial score (nSPS) is 15.0. The summed E-state index contributed by atoms with van der Waals surface area (Å²) in [5.74, 6) is -2.65. The van der Waals surface area contributed by atoms with Crippen molar-refractivity contribution in [1.82, 2.24) is 20.6 Å². The monoisotopic (exact) mass is 681 g/mol. The van der Waals surface area contributed by atoms with Gasteiger partial charge < -0.3 is 20.6 Å². The number of hydrogen-bond acceptors (Lipinski definition) is 7. The fraction of sp³-hybridized carbons (Fsp3) is 0.300. The summed E-state index contributed by atoms with van der Waals surface area (Å²) in [5.41, 5.74) is 0.155. The zero-order chi connectivity index (χ0) is 32.6. The summed E-state index contributed by atoms with van der Waals surface area (Å²) in [4.78, 5) is 47.8. The largest absolute Gasteiger partial charge is 0.480 e. The highest BCUT2D eigenvalue weighted by atomic mass is 35.5. The predicted molar refractivity (Wildman–Crippen MR) is 167 cm³/mol. The quantitative estimate of drug-likeness (QED) is 0.221. The SMILES string of the molecule is O=C(N[C@@H](CSCc1ccccc1)C(=O)O)C(=Cc1ccc(Cl)c(Cl)c1)NC(=O)C1CCN(c2nccc(C(F)(F)F)n2)CC1. The highest BCUT2D eigenvalue weighted by Crippen LogP contribution is 2.29. The molecule has 0 bridgehead atoms. The maximum absolute atomic E-state index is 13.4. The van der Waals surface area contributed by atoms with Crippen LogP contribution in [0.25, 0.3) is 6.08 Å². The number of benzene rings is 2. The van der Waals surface area contributed by atoms with Gasteiger partial charge in [-0.3, -0.25) is 9.59 Å². The Morgan fingerprint density at radius 2 is 1.78 bits per heavy atom. The van der Waals surface area contributed by atoms with E-state index in [0.29, 0.717) is 11.3 Å². The minimum atomic E-state index is -4.62. The Kier molecular flexibility index (Phi) is 11.7. The van der Waals surface area contributed by atoms with E-state index in [0.717, 1.165) is 17.8 Å². The number of carbonyl (C=O) groups excluding carboxylic acids is 2. The van der Waals surface area contributed by atoms with Crippen LogP contribution >= 0.6 is 35.0 Å². The molecule has 1 aliphatic heterocycles. The lowest BCUT2D eigenvalue weighted by molar-refractivity contribution is -0.141. The van der Waals surface area contributed by atoms with Crippen molar-refractivity contribution in [2.75, 3.05) is 23.7 Å². The lowest BCUT2D eigenvalue weighted by Crippen LogP contribution is -2.47. The second-order valence-electron chi connectivity index (χ2n) is 10.1. The number of halogens is 5. The molecule has 1 aliphatic rings. The van der Waals surface area contributed by atoms with Crippen molar-refractivity contribution in [3.05, 3.63) is 93.4 Å². The van der Waals surface area contributed by atoms with E-state index in [4.69, 9.17) is 23.2 Å². The van der Waals surface area contributed by atoms with Gasteiger partial charge in [-0.1, -0.05) is 59.6 Å². The Bertz CT molecular complexity index is 1550. The Balaban J connectivity index is 1.45. The third-order valence-corrected chi connectivity index (χ3v) is 8.68. The molecule has 0 saturated carbocycles. The zero-order valence-corrected chi connectivity index (χ0v) is 25.9. The number of alkyl halides is 3. The van der Waals surface area contributed by atoms with Gasteiger partial charge in [0, 0.05) is 36.7 Å². The van der Waals surface area contributed by atoms with Gasteiger partial charge in [0.05, 0.1) is 10.0 Å². The van der Waals surface area contributed by atoms with Crippen LogP contribution in [0.5, 0.6) is 0 Å². The number of carbonyl (C=O) groups is 3. The number of hydrogen-bond donors (Lipinski definition) is 3. The average Bonchev–Trinajstić information content (AvgIpc) is 3.02. The van der Waals surface area contributed by atoms with E-state index >= 15 is 0 Å². The summed E-state index contributed by atoms with van der Waals surface area (Å²) in [6.07, 6.45) is -1.72. The lowest BCUT2D eigenvalue weighted by atomic mass is 9.96. The molecule has 2 aromatic carbocycles. The van der Waals surface area contributed by atoms with Crippen molar-refractivity contribution in [3.8, 4) is 0 Å². The molecular formula is C30H28Cl2F3N5O4S. The number of nitrogens with one attached hydrogen (secondary N) is 2. The van der Waals surface area contributed by atoms with Crippen molar-refractivity contribution in [2.45, 2.75) is 30.8 Å². The summed E-state index contributed by atoms with van der Waals surface area (Å²) in [6, 6.07) is 13.5. The van der Waals surface area contributed by atoms with Gasteiger partial charge in [0.1, 0.15) is 17.4 Å². The van der Waals surface area contributed by atoms with Gasteiger partial charge in [0.25, 0.3) is 5.91 Å². The zero-order valence-electron chi connectivity index (χ0n) is 23.6. The Morgan fingerprint density at radius 3 is 2.42 bits per heavy atom.